The molecule has 96 valence electrons. The second kappa shape index (κ2) is 5.91. The Hall–Kier alpha value is -1.77. The van der Waals surface area contributed by atoms with E-state index in [2.05, 4.69) is 21.4 Å². The van der Waals surface area contributed by atoms with E-state index in [1.165, 1.54) is 11.8 Å². The van der Waals surface area contributed by atoms with Gasteiger partial charge in [-0.15, -0.1) is 0 Å². The van der Waals surface area contributed by atoms with Crippen LogP contribution in [0.5, 0.6) is 0 Å². The molecule has 0 saturated heterocycles. The first-order valence-corrected chi connectivity index (χ1v) is 7.09. The van der Waals surface area contributed by atoms with Crippen molar-refractivity contribution in [3.63, 3.8) is 0 Å². The first-order valence-electron chi connectivity index (χ1n) is 5.49. The molecule has 2 rings (SSSR count). The number of aryl methyl sites for hydroxylation is 1. The first-order chi connectivity index (χ1) is 9.13. The SMILES string of the molecule is CSc1nc(Cl)cc(Nc2cccc(C)c2C#N)n1. The number of nitrogens with zero attached hydrogens (tertiary/aromatic N) is 3. The zero-order valence-electron chi connectivity index (χ0n) is 10.4. The number of aromatic nitrogens is 2. The van der Waals surface area contributed by atoms with Gasteiger partial charge in [-0.25, -0.2) is 9.97 Å². The quantitative estimate of drug-likeness (QED) is 0.529. The smallest absolute Gasteiger partial charge is 0.190 e. The van der Waals surface area contributed by atoms with Crippen LogP contribution in [0.15, 0.2) is 29.4 Å². The molecule has 4 nitrogen and oxygen atoms in total. The molecule has 6 heteroatoms. The third-order valence-corrected chi connectivity index (χ3v) is 3.25. The monoisotopic (exact) mass is 290 g/mol. The standard InChI is InChI=1S/C13H11ClN4S/c1-8-4-3-5-10(9(8)7-15)16-12-6-11(14)17-13(18-12)19-2/h3-6H,1-2H3,(H,16,17,18). The summed E-state index contributed by atoms with van der Waals surface area (Å²) >= 11 is 7.34. The van der Waals surface area contributed by atoms with Crippen LogP contribution >= 0.6 is 23.4 Å². The Morgan fingerprint density at radius 1 is 1.37 bits per heavy atom. The number of nitrogens with one attached hydrogen (secondary N) is 1. The molecular weight excluding hydrogens is 280 g/mol. The van der Waals surface area contributed by atoms with Gasteiger partial charge in [0.05, 0.1) is 11.3 Å². The second-order valence-corrected chi connectivity index (χ2v) is 4.96. The Labute approximate surface area is 120 Å². The molecule has 0 aliphatic rings. The number of anilines is 2. The molecule has 19 heavy (non-hydrogen) atoms. The van der Waals surface area contributed by atoms with Crippen LogP contribution in [0.3, 0.4) is 0 Å². The van der Waals surface area contributed by atoms with E-state index in [-0.39, 0.29) is 0 Å². The molecule has 0 bridgehead atoms. The molecule has 0 saturated carbocycles. The van der Waals surface area contributed by atoms with Crippen molar-refractivity contribution in [2.24, 2.45) is 0 Å². The summed E-state index contributed by atoms with van der Waals surface area (Å²) in [6.07, 6.45) is 1.88. The maximum Gasteiger partial charge on any atom is 0.190 e. The normalized spacial score (nSPS) is 10.0. The molecule has 0 amide bonds. The summed E-state index contributed by atoms with van der Waals surface area (Å²) in [6.45, 7) is 1.89. The van der Waals surface area contributed by atoms with Crippen molar-refractivity contribution in [1.82, 2.24) is 9.97 Å². The van der Waals surface area contributed by atoms with Crippen LogP contribution in [0.1, 0.15) is 11.1 Å². The molecule has 0 fully saturated rings. The lowest BCUT2D eigenvalue weighted by molar-refractivity contribution is 0.976. The zero-order valence-corrected chi connectivity index (χ0v) is 12.0. The van der Waals surface area contributed by atoms with Gasteiger partial charge in [0.2, 0.25) is 0 Å². The molecular formula is C13H11ClN4S. The summed E-state index contributed by atoms with van der Waals surface area (Å²) in [7, 11) is 0. The molecule has 0 unspecified atom stereocenters. The summed E-state index contributed by atoms with van der Waals surface area (Å²) in [5.41, 5.74) is 2.23. The largest absolute Gasteiger partial charge is 0.339 e. The maximum absolute atomic E-state index is 9.18. The summed E-state index contributed by atoms with van der Waals surface area (Å²) < 4.78 is 0. The van der Waals surface area contributed by atoms with E-state index in [9.17, 15) is 5.26 Å². The van der Waals surface area contributed by atoms with Gasteiger partial charge in [0.1, 0.15) is 17.0 Å². The fourth-order valence-electron chi connectivity index (χ4n) is 1.61. The van der Waals surface area contributed by atoms with Gasteiger partial charge in [-0.3, -0.25) is 0 Å². The maximum atomic E-state index is 9.18. The van der Waals surface area contributed by atoms with Gasteiger partial charge >= 0.3 is 0 Å². The zero-order chi connectivity index (χ0) is 13.8. The van der Waals surface area contributed by atoms with Crippen LogP contribution in [-0.2, 0) is 0 Å². The molecule has 1 aromatic heterocycles. The minimum absolute atomic E-state index is 0.369. The Morgan fingerprint density at radius 3 is 2.84 bits per heavy atom. The number of rotatable bonds is 3. The van der Waals surface area contributed by atoms with Crippen LogP contribution in [-0.4, -0.2) is 16.2 Å². The van der Waals surface area contributed by atoms with Gasteiger partial charge in [-0.2, -0.15) is 5.26 Å². The third kappa shape index (κ3) is 3.16. The van der Waals surface area contributed by atoms with Crippen LogP contribution in [0.2, 0.25) is 5.15 Å². The van der Waals surface area contributed by atoms with Gasteiger partial charge < -0.3 is 5.32 Å². The van der Waals surface area contributed by atoms with E-state index >= 15 is 0 Å². The van der Waals surface area contributed by atoms with Crippen LogP contribution in [0.25, 0.3) is 0 Å². The van der Waals surface area contributed by atoms with Crippen molar-refractivity contribution in [3.05, 3.63) is 40.5 Å². The number of halogens is 1. The van der Waals surface area contributed by atoms with Crippen LogP contribution in [0.4, 0.5) is 11.5 Å². The fourth-order valence-corrected chi connectivity index (χ4v) is 2.22. The fraction of sp³-hybridized carbons (Fsp3) is 0.154. The molecule has 0 radical (unpaired) electrons. The predicted molar refractivity (Wildman–Crippen MR) is 78.0 cm³/mol. The first kappa shape index (κ1) is 13.7. The minimum atomic E-state index is 0.369. The van der Waals surface area contributed by atoms with Crippen LogP contribution < -0.4 is 5.32 Å². The number of thioether (sulfide) groups is 1. The van der Waals surface area contributed by atoms with Gasteiger partial charge in [0, 0.05) is 6.07 Å². The number of nitriles is 1. The lowest BCUT2D eigenvalue weighted by Gasteiger charge is -2.09. The lowest BCUT2D eigenvalue weighted by atomic mass is 10.1. The van der Waals surface area contributed by atoms with E-state index < -0.39 is 0 Å². The van der Waals surface area contributed by atoms with Crippen molar-refractivity contribution in [2.75, 3.05) is 11.6 Å². The van der Waals surface area contributed by atoms with E-state index in [1.54, 1.807) is 6.07 Å². The molecule has 1 heterocycles. The predicted octanol–water partition coefficient (Wildman–Crippen LogP) is 3.78. The summed E-state index contributed by atoms with van der Waals surface area (Å²) in [5.74, 6) is 0.575. The van der Waals surface area contributed by atoms with Crippen molar-refractivity contribution < 1.29 is 0 Å². The minimum Gasteiger partial charge on any atom is -0.339 e. The third-order valence-electron chi connectivity index (χ3n) is 2.50. The van der Waals surface area contributed by atoms with E-state index in [1.807, 2.05) is 31.4 Å². The van der Waals surface area contributed by atoms with E-state index in [0.717, 1.165) is 5.56 Å². The molecule has 1 N–H and O–H groups in total. The average molecular weight is 291 g/mol. The number of hydrogen-bond acceptors (Lipinski definition) is 5. The van der Waals surface area contributed by atoms with Gasteiger partial charge in [0.15, 0.2) is 5.16 Å². The Morgan fingerprint density at radius 2 is 2.16 bits per heavy atom. The summed E-state index contributed by atoms with van der Waals surface area (Å²) in [5, 5.41) is 13.2. The van der Waals surface area contributed by atoms with Crippen molar-refractivity contribution in [2.45, 2.75) is 12.1 Å². The summed E-state index contributed by atoms with van der Waals surface area (Å²) in [4.78, 5) is 8.37. The molecule has 0 atom stereocenters. The van der Waals surface area contributed by atoms with Crippen molar-refractivity contribution in [1.29, 1.82) is 5.26 Å². The highest BCUT2D eigenvalue weighted by atomic mass is 35.5. The van der Waals surface area contributed by atoms with E-state index in [0.29, 0.717) is 27.4 Å². The highest BCUT2D eigenvalue weighted by Gasteiger charge is 2.07. The Bertz CT molecular complexity index is 652. The lowest BCUT2D eigenvalue weighted by Crippen LogP contribution is -1.99. The summed E-state index contributed by atoms with van der Waals surface area (Å²) in [6, 6.07) is 9.43. The molecule has 0 spiro atoms. The van der Waals surface area contributed by atoms with Gasteiger partial charge in [-0.05, 0) is 24.8 Å². The van der Waals surface area contributed by atoms with Crippen molar-refractivity contribution >= 4 is 34.9 Å². The van der Waals surface area contributed by atoms with Crippen LogP contribution in [0, 0.1) is 18.3 Å². The van der Waals surface area contributed by atoms with Gasteiger partial charge in [-0.1, -0.05) is 35.5 Å². The Balaban J connectivity index is 2.39. The second-order valence-electron chi connectivity index (χ2n) is 3.80. The van der Waals surface area contributed by atoms with Crippen molar-refractivity contribution in [3.8, 4) is 6.07 Å². The molecule has 0 aliphatic heterocycles. The molecule has 0 aliphatic carbocycles. The van der Waals surface area contributed by atoms with Gasteiger partial charge in [0.25, 0.3) is 0 Å². The van der Waals surface area contributed by atoms with E-state index in [4.69, 9.17) is 11.6 Å². The highest BCUT2D eigenvalue weighted by molar-refractivity contribution is 7.98. The highest BCUT2D eigenvalue weighted by Crippen LogP contribution is 2.24. The topological polar surface area (TPSA) is 61.6 Å². The number of hydrogen-bond donors (Lipinski definition) is 1. The molecule has 2 aromatic rings. The average Bonchev–Trinajstić information content (AvgIpc) is 2.38. The number of benzene rings is 1. The Kier molecular flexibility index (Phi) is 4.25. The molecule has 1 aromatic carbocycles.